The highest BCUT2D eigenvalue weighted by atomic mass is 16.4. The van der Waals surface area contributed by atoms with Crippen molar-refractivity contribution in [2.24, 2.45) is 5.92 Å². The molecule has 0 aromatic heterocycles. The summed E-state index contributed by atoms with van der Waals surface area (Å²) in [6, 6.07) is -0.406. The first-order chi connectivity index (χ1) is 6.63. The van der Waals surface area contributed by atoms with Gasteiger partial charge in [-0.1, -0.05) is 0 Å². The summed E-state index contributed by atoms with van der Waals surface area (Å²) in [6.45, 7) is 1.98. The first kappa shape index (κ1) is 11.5. The highest BCUT2D eigenvalue weighted by Crippen LogP contribution is 2.29. The lowest BCUT2D eigenvalue weighted by atomic mass is 10.2. The van der Waals surface area contributed by atoms with Gasteiger partial charge in [0.05, 0.1) is 0 Å². The number of carboxylic acid groups (broad SMARTS) is 1. The molecule has 0 heterocycles. The van der Waals surface area contributed by atoms with Crippen molar-refractivity contribution in [3.8, 4) is 0 Å². The second kappa shape index (κ2) is 5.32. The zero-order chi connectivity index (χ0) is 10.6. The minimum Gasteiger partial charge on any atom is -0.480 e. The van der Waals surface area contributed by atoms with Gasteiger partial charge in [0.15, 0.2) is 0 Å². The van der Waals surface area contributed by atoms with E-state index in [9.17, 15) is 4.79 Å². The van der Waals surface area contributed by atoms with Gasteiger partial charge in [0.25, 0.3) is 0 Å². The van der Waals surface area contributed by atoms with Crippen molar-refractivity contribution in [1.82, 2.24) is 10.2 Å². The second-order valence-electron chi connectivity index (χ2n) is 4.17. The summed E-state index contributed by atoms with van der Waals surface area (Å²) in [4.78, 5) is 12.9. The first-order valence-electron chi connectivity index (χ1n) is 5.22. The van der Waals surface area contributed by atoms with Crippen molar-refractivity contribution in [2.75, 3.05) is 27.2 Å². The molecular weight excluding hydrogens is 180 g/mol. The van der Waals surface area contributed by atoms with Crippen LogP contribution < -0.4 is 5.32 Å². The molecule has 1 rings (SSSR count). The minimum absolute atomic E-state index is 0.406. The van der Waals surface area contributed by atoms with Crippen LogP contribution in [0.3, 0.4) is 0 Å². The number of rotatable bonds is 7. The fraction of sp³-hybridized carbons (Fsp3) is 0.900. The standard InChI is InChI=1S/C10H20N2O2/c1-11-9(10(13)14)5-6-12(2)7-8-3-4-8/h8-9,11H,3-7H2,1-2H3,(H,13,14). The Morgan fingerprint density at radius 2 is 2.29 bits per heavy atom. The quantitative estimate of drug-likeness (QED) is 0.624. The largest absolute Gasteiger partial charge is 0.480 e. The van der Waals surface area contributed by atoms with Gasteiger partial charge in [-0.15, -0.1) is 0 Å². The van der Waals surface area contributed by atoms with Crippen LogP contribution in [-0.4, -0.2) is 49.2 Å². The van der Waals surface area contributed by atoms with E-state index in [1.54, 1.807) is 7.05 Å². The smallest absolute Gasteiger partial charge is 0.320 e. The van der Waals surface area contributed by atoms with Crippen molar-refractivity contribution < 1.29 is 9.90 Å². The van der Waals surface area contributed by atoms with E-state index in [4.69, 9.17) is 5.11 Å². The van der Waals surface area contributed by atoms with Crippen molar-refractivity contribution >= 4 is 5.97 Å². The molecule has 1 saturated carbocycles. The Kier molecular flexibility index (Phi) is 4.35. The number of nitrogens with one attached hydrogen (secondary N) is 1. The summed E-state index contributed by atoms with van der Waals surface area (Å²) >= 11 is 0. The van der Waals surface area contributed by atoms with E-state index < -0.39 is 12.0 Å². The Bertz CT molecular complexity index is 193. The summed E-state index contributed by atoms with van der Waals surface area (Å²) in [5, 5.41) is 11.6. The SMILES string of the molecule is CNC(CCN(C)CC1CC1)C(=O)O. The number of nitrogens with zero attached hydrogens (tertiary/aromatic N) is 1. The Morgan fingerprint density at radius 3 is 2.71 bits per heavy atom. The number of likely N-dealkylation sites (N-methyl/N-ethyl adjacent to an activating group) is 1. The molecule has 0 radical (unpaired) electrons. The predicted octanol–water partition coefficient (Wildman–Crippen LogP) is 0.391. The van der Waals surface area contributed by atoms with Crippen LogP contribution in [-0.2, 0) is 4.79 Å². The minimum atomic E-state index is -0.757. The van der Waals surface area contributed by atoms with Gasteiger partial charge in [-0.3, -0.25) is 4.79 Å². The van der Waals surface area contributed by atoms with Gasteiger partial charge in [-0.2, -0.15) is 0 Å². The lowest BCUT2D eigenvalue weighted by molar-refractivity contribution is -0.139. The maximum atomic E-state index is 10.7. The Labute approximate surface area is 85.3 Å². The first-order valence-corrected chi connectivity index (χ1v) is 5.22. The van der Waals surface area contributed by atoms with Crippen LogP contribution in [0.5, 0.6) is 0 Å². The molecule has 0 spiro atoms. The number of aliphatic carboxylic acids is 1. The van der Waals surface area contributed by atoms with E-state index in [1.807, 2.05) is 0 Å². The lowest BCUT2D eigenvalue weighted by Gasteiger charge is -2.18. The summed E-state index contributed by atoms with van der Waals surface area (Å²) in [7, 11) is 3.76. The Balaban J connectivity index is 2.12. The summed E-state index contributed by atoms with van der Waals surface area (Å²) in [5.74, 6) is 0.116. The molecule has 1 atom stereocenters. The van der Waals surface area contributed by atoms with Crippen LogP contribution in [0.4, 0.5) is 0 Å². The molecule has 0 bridgehead atoms. The van der Waals surface area contributed by atoms with Gasteiger partial charge in [0.1, 0.15) is 6.04 Å². The zero-order valence-corrected chi connectivity index (χ0v) is 8.99. The molecule has 4 heteroatoms. The average molecular weight is 200 g/mol. The van der Waals surface area contributed by atoms with Crippen LogP contribution in [0.1, 0.15) is 19.3 Å². The second-order valence-corrected chi connectivity index (χ2v) is 4.17. The van der Waals surface area contributed by atoms with Crippen LogP contribution >= 0.6 is 0 Å². The van der Waals surface area contributed by atoms with Crippen molar-refractivity contribution in [3.05, 3.63) is 0 Å². The molecule has 0 amide bonds. The van der Waals surface area contributed by atoms with E-state index in [-0.39, 0.29) is 0 Å². The van der Waals surface area contributed by atoms with Gasteiger partial charge in [-0.05, 0) is 45.8 Å². The molecule has 14 heavy (non-hydrogen) atoms. The molecule has 4 nitrogen and oxygen atoms in total. The molecule has 1 aliphatic carbocycles. The fourth-order valence-corrected chi connectivity index (χ4v) is 1.57. The summed E-state index contributed by atoms with van der Waals surface area (Å²) in [5.41, 5.74) is 0. The third kappa shape index (κ3) is 4.07. The lowest BCUT2D eigenvalue weighted by Crippen LogP contribution is -2.37. The fourth-order valence-electron chi connectivity index (χ4n) is 1.57. The Morgan fingerprint density at radius 1 is 1.64 bits per heavy atom. The summed E-state index contributed by atoms with van der Waals surface area (Å²) in [6.07, 6.45) is 3.37. The highest BCUT2D eigenvalue weighted by molar-refractivity contribution is 5.73. The molecule has 2 N–H and O–H groups in total. The zero-order valence-electron chi connectivity index (χ0n) is 8.99. The molecule has 0 aromatic carbocycles. The van der Waals surface area contributed by atoms with Crippen LogP contribution in [0.2, 0.25) is 0 Å². The van der Waals surface area contributed by atoms with E-state index in [2.05, 4.69) is 17.3 Å². The van der Waals surface area contributed by atoms with Crippen LogP contribution in [0, 0.1) is 5.92 Å². The normalized spacial score (nSPS) is 18.5. The predicted molar refractivity (Wildman–Crippen MR) is 55.3 cm³/mol. The van der Waals surface area contributed by atoms with Crippen LogP contribution in [0.15, 0.2) is 0 Å². The van der Waals surface area contributed by atoms with Crippen LogP contribution in [0.25, 0.3) is 0 Å². The Hall–Kier alpha value is -0.610. The van der Waals surface area contributed by atoms with Gasteiger partial charge in [-0.25, -0.2) is 0 Å². The summed E-state index contributed by atoms with van der Waals surface area (Å²) < 4.78 is 0. The van der Waals surface area contributed by atoms with E-state index in [1.165, 1.54) is 12.8 Å². The van der Waals surface area contributed by atoms with Gasteiger partial charge in [0.2, 0.25) is 0 Å². The van der Waals surface area contributed by atoms with E-state index in [0.717, 1.165) is 19.0 Å². The topological polar surface area (TPSA) is 52.6 Å². The molecule has 1 unspecified atom stereocenters. The monoisotopic (exact) mass is 200 g/mol. The van der Waals surface area contributed by atoms with E-state index >= 15 is 0 Å². The number of carbonyl (C=O) groups is 1. The highest BCUT2D eigenvalue weighted by Gasteiger charge is 2.23. The van der Waals surface area contributed by atoms with Gasteiger partial charge in [0, 0.05) is 6.54 Å². The maximum Gasteiger partial charge on any atom is 0.320 e. The number of hydrogen-bond acceptors (Lipinski definition) is 3. The third-order valence-corrected chi connectivity index (χ3v) is 2.71. The molecule has 82 valence electrons. The maximum absolute atomic E-state index is 10.7. The average Bonchev–Trinajstić information content (AvgIpc) is 2.88. The molecule has 1 fully saturated rings. The number of carboxylic acids is 1. The third-order valence-electron chi connectivity index (χ3n) is 2.71. The molecular formula is C10H20N2O2. The van der Waals surface area contributed by atoms with Gasteiger partial charge >= 0.3 is 5.97 Å². The molecule has 0 saturated heterocycles. The van der Waals surface area contributed by atoms with Crippen molar-refractivity contribution in [2.45, 2.75) is 25.3 Å². The van der Waals surface area contributed by atoms with Crippen molar-refractivity contribution in [3.63, 3.8) is 0 Å². The molecule has 0 aliphatic heterocycles. The van der Waals surface area contributed by atoms with Crippen molar-refractivity contribution in [1.29, 1.82) is 0 Å². The van der Waals surface area contributed by atoms with Gasteiger partial charge < -0.3 is 15.3 Å². The molecule has 0 aromatic rings. The molecule has 1 aliphatic rings. The number of hydrogen-bond donors (Lipinski definition) is 2. The van der Waals surface area contributed by atoms with E-state index in [0.29, 0.717) is 6.42 Å².